The summed E-state index contributed by atoms with van der Waals surface area (Å²) >= 11 is 7.44. The zero-order valence-electron chi connectivity index (χ0n) is 16.0. The summed E-state index contributed by atoms with van der Waals surface area (Å²) in [5.74, 6) is 1.48. The normalized spacial score (nSPS) is 13.7. The van der Waals surface area contributed by atoms with Crippen LogP contribution in [0.3, 0.4) is 0 Å². The van der Waals surface area contributed by atoms with Gasteiger partial charge in [-0.3, -0.25) is 4.79 Å². The molecule has 150 valence electrons. The number of hydrogen-bond acceptors (Lipinski definition) is 6. The van der Waals surface area contributed by atoms with Gasteiger partial charge in [0.1, 0.15) is 10.8 Å². The molecular weight excluding hydrogens is 408 g/mol. The Balaban J connectivity index is 1.53. The highest BCUT2D eigenvalue weighted by Crippen LogP contribution is 2.32. The second-order valence-electron chi connectivity index (χ2n) is 6.72. The highest BCUT2D eigenvalue weighted by Gasteiger charge is 2.20. The third kappa shape index (κ3) is 4.57. The Labute approximate surface area is 178 Å². The van der Waals surface area contributed by atoms with Gasteiger partial charge in [0, 0.05) is 18.1 Å². The van der Waals surface area contributed by atoms with Gasteiger partial charge in [0.15, 0.2) is 5.82 Å². The summed E-state index contributed by atoms with van der Waals surface area (Å²) in [7, 11) is 1.56. The van der Waals surface area contributed by atoms with Crippen LogP contribution in [0.2, 0.25) is 5.02 Å². The molecule has 0 aliphatic carbocycles. The van der Waals surface area contributed by atoms with Crippen molar-refractivity contribution < 1.29 is 9.53 Å². The summed E-state index contributed by atoms with van der Waals surface area (Å²) in [5, 5.41) is 4.18. The van der Waals surface area contributed by atoms with Gasteiger partial charge in [0.25, 0.3) is 0 Å². The monoisotopic (exact) mass is 428 g/mol. The number of fused-ring (bicyclic) bond motifs is 1. The lowest BCUT2D eigenvalue weighted by molar-refractivity contribution is -0.113. The SMILES string of the molecule is COc1ccc(Cl)cc1NC(=O)CSc1nc2ccccc2nc1N1CCCC1. The lowest BCUT2D eigenvalue weighted by Gasteiger charge is -2.19. The molecule has 1 saturated heterocycles. The molecule has 1 amide bonds. The number of carbonyl (C=O) groups is 1. The zero-order chi connectivity index (χ0) is 20.2. The Kier molecular flexibility index (Phi) is 6.06. The number of para-hydroxylation sites is 2. The summed E-state index contributed by atoms with van der Waals surface area (Å²) in [6.07, 6.45) is 2.29. The molecule has 0 bridgehead atoms. The number of thioether (sulfide) groups is 1. The molecule has 1 aromatic heterocycles. The van der Waals surface area contributed by atoms with Crippen LogP contribution in [-0.2, 0) is 4.79 Å². The molecular formula is C21H21ClN4O2S. The van der Waals surface area contributed by atoms with E-state index in [2.05, 4.69) is 10.2 Å². The number of carbonyl (C=O) groups excluding carboxylic acids is 1. The maximum atomic E-state index is 12.6. The minimum atomic E-state index is -0.155. The molecule has 0 atom stereocenters. The topological polar surface area (TPSA) is 67.3 Å². The third-order valence-corrected chi connectivity index (χ3v) is 5.89. The second-order valence-corrected chi connectivity index (χ2v) is 8.12. The Morgan fingerprint density at radius 2 is 1.90 bits per heavy atom. The van der Waals surface area contributed by atoms with E-state index in [0.29, 0.717) is 16.5 Å². The molecule has 1 fully saturated rings. The first kappa shape index (κ1) is 19.8. The highest BCUT2D eigenvalue weighted by atomic mass is 35.5. The van der Waals surface area contributed by atoms with Gasteiger partial charge in [0.2, 0.25) is 5.91 Å². The zero-order valence-corrected chi connectivity index (χ0v) is 17.6. The molecule has 8 heteroatoms. The molecule has 1 aliphatic rings. The number of halogens is 1. The molecule has 6 nitrogen and oxygen atoms in total. The minimum Gasteiger partial charge on any atom is -0.495 e. The van der Waals surface area contributed by atoms with Gasteiger partial charge < -0.3 is 15.0 Å². The number of nitrogens with zero attached hydrogens (tertiary/aromatic N) is 3. The van der Waals surface area contributed by atoms with Crippen molar-refractivity contribution in [1.29, 1.82) is 0 Å². The molecule has 0 radical (unpaired) electrons. The number of amides is 1. The number of rotatable bonds is 6. The van der Waals surface area contributed by atoms with Gasteiger partial charge in [-0.2, -0.15) is 0 Å². The minimum absolute atomic E-state index is 0.155. The summed E-state index contributed by atoms with van der Waals surface area (Å²) in [5.41, 5.74) is 2.25. The number of aromatic nitrogens is 2. The van der Waals surface area contributed by atoms with Crippen molar-refractivity contribution in [3.8, 4) is 5.75 Å². The van der Waals surface area contributed by atoms with E-state index in [0.717, 1.165) is 47.8 Å². The predicted octanol–water partition coefficient (Wildman–Crippen LogP) is 4.62. The van der Waals surface area contributed by atoms with Crippen molar-refractivity contribution in [1.82, 2.24) is 9.97 Å². The molecule has 3 aromatic rings. The third-order valence-electron chi connectivity index (χ3n) is 4.70. The second kappa shape index (κ2) is 8.88. The Morgan fingerprint density at radius 1 is 1.17 bits per heavy atom. The van der Waals surface area contributed by atoms with E-state index in [1.54, 1.807) is 25.3 Å². The summed E-state index contributed by atoms with van der Waals surface area (Å²) in [6.45, 7) is 1.93. The molecule has 1 N–H and O–H groups in total. The van der Waals surface area contributed by atoms with E-state index in [-0.39, 0.29) is 11.7 Å². The van der Waals surface area contributed by atoms with E-state index in [1.807, 2.05) is 24.3 Å². The number of ether oxygens (including phenoxy) is 1. The van der Waals surface area contributed by atoms with E-state index in [1.165, 1.54) is 11.8 Å². The highest BCUT2D eigenvalue weighted by molar-refractivity contribution is 8.00. The smallest absolute Gasteiger partial charge is 0.234 e. The molecule has 0 spiro atoms. The first-order valence-corrected chi connectivity index (χ1v) is 10.8. The van der Waals surface area contributed by atoms with E-state index < -0.39 is 0 Å². The fourth-order valence-corrected chi connectivity index (χ4v) is 4.28. The van der Waals surface area contributed by atoms with Crippen molar-refractivity contribution in [3.05, 3.63) is 47.5 Å². The average Bonchev–Trinajstić information content (AvgIpc) is 3.26. The number of hydrogen-bond donors (Lipinski definition) is 1. The largest absolute Gasteiger partial charge is 0.495 e. The molecule has 0 saturated carbocycles. The van der Waals surface area contributed by atoms with Crippen LogP contribution in [0.1, 0.15) is 12.8 Å². The van der Waals surface area contributed by atoms with Crippen molar-refractivity contribution in [2.24, 2.45) is 0 Å². The summed E-state index contributed by atoms with van der Waals surface area (Å²) in [4.78, 5) is 24.4. The maximum Gasteiger partial charge on any atom is 0.234 e. The Hall–Kier alpha value is -2.51. The fraction of sp³-hybridized carbons (Fsp3) is 0.286. The summed E-state index contributed by atoms with van der Waals surface area (Å²) < 4.78 is 5.29. The van der Waals surface area contributed by atoms with Crippen LogP contribution in [0.25, 0.3) is 11.0 Å². The van der Waals surface area contributed by atoms with Gasteiger partial charge >= 0.3 is 0 Å². The molecule has 2 aromatic carbocycles. The Morgan fingerprint density at radius 3 is 2.62 bits per heavy atom. The van der Waals surface area contributed by atoms with Crippen LogP contribution in [-0.4, -0.2) is 41.8 Å². The van der Waals surface area contributed by atoms with E-state index in [9.17, 15) is 4.79 Å². The van der Waals surface area contributed by atoms with Crippen molar-refractivity contribution in [2.75, 3.05) is 36.2 Å². The molecule has 2 heterocycles. The molecule has 0 unspecified atom stereocenters. The number of methoxy groups -OCH3 is 1. The number of benzene rings is 2. The summed E-state index contributed by atoms with van der Waals surface area (Å²) in [6, 6.07) is 12.9. The van der Waals surface area contributed by atoms with Gasteiger partial charge in [-0.15, -0.1) is 0 Å². The number of anilines is 2. The van der Waals surface area contributed by atoms with Gasteiger partial charge in [0.05, 0.1) is 29.6 Å². The van der Waals surface area contributed by atoms with Crippen molar-refractivity contribution >= 4 is 51.8 Å². The first-order chi connectivity index (χ1) is 14.1. The van der Waals surface area contributed by atoms with Gasteiger partial charge in [-0.1, -0.05) is 35.5 Å². The van der Waals surface area contributed by atoms with E-state index >= 15 is 0 Å². The molecule has 29 heavy (non-hydrogen) atoms. The predicted molar refractivity (Wildman–Crippen MR) is 118 cm³/mol. The number of nitrogens with one attached hydrogen (secondary N) is 1. The lowest BCUT2D eigenvalue weighted by atomic mass is 10.3. The maximum absolute atomic E-state index is 12.6. The Bertz CT molecular complexity index is 1040. The van der Waals surface area contributed by atoms with Gasteiger partial charge in [-0.25, -0.2) is 9.97 Å². The quantitative estimate of drug-likeness (QED) is 0.577. The van der Waals surface area contributed by atoms with Crippen LogP contribution in [0.5, 0.6) is 5.75 Å². The molecule has 1 aliphatic heterocycles. The molecule has 4 rings (SSSR count). The van der Waals surface area contributed by atoms with Crippen LogP contribution in [0.4, 0.5) is 11.5 Å². The van der Waals surface area contributed by atoms with Crippen LogP contribution in [0.15, 0.2) is 47.5 Å². The van der Waals surface area contributed by atoms with Crippen LogP contribution < -0.4 is 15.0 Å². The lowest BCUT2D eigenvalue weighted by Crippen LogP contribution is -2.21. The average molecular weight is 429 g/mol. The van der Waals surface area contributed by atoms with Crippen molar-refractivity contribution in [2.45, 2.75) is 17.9 Å². The van der Waals surface area contributed by atoms with Crippen molar-refractivity contribution in [3.63, 3.8) is 0 Å². The van der Waals surface area contributed by atoms with Crippen LogP contribution >= 0.6 is 23.4 Å². The van der Waals surface area contributed by atoms with Gasteiger partial charge in [-0.05, 0) is 43.2 Å². The first-order valence-electron chi connectivity index (χ1n) is 9.42. The van der Waals surface area contributed by atoms with E-state index in [4.69, 9.17) is 26.3 Å². The standard InChI is InChI=1S/C21H21ClN4O2S/c1-28-18-9-8-14(22)12-17(18)23-19(27)13-29-21-20(26-10-4-5-11-26)24-15-6-2-3-7-16(15)25-21/h2-3,6-9,12H,4-5,10-11,13H2,1H3,(H,23,27). The van der Waals surface area contributed by atoms with Crippen LogP contribution in [0, 0.1) is 0 Å². The fourth-order valence-electron chi connectivity index (χ4n) is 3.30.